The Labute approximate surface area is 125 Å². The van der Waals surface area contributed by atoms with Gasteiger partial charge in [-0.25, -0.2) is 0 Å². The van der Waals surface area contributed by atoms with E-state index in [0.717, 1.165) is 44.0 Å². The Morgan fingerprint density at radius 3 is 2.33 bits per heavy atom. The van der Waals surface area contributed by atoms with Crippen molar-refractivity contribution in [1.82, 2.24) is 14.8 Å². The molecule has 0 bridgehead atoms. The second kappa shape index (κ2) is 6.50. The van der Waals surface area contributed by atoms with E-state index >= 15 is 0 Å². The van der Waals surface area contributed by atoms with Crippen LogP contribution in [0.15, 0.2) is 54.7 Å². The van der Waals surface area contributed by atoms with Crippen LogP contribution in [0.2, 0.25) is 0 Å². The number of hydrogen-bond donors (Lipinski definition) is 0. The van der Waals surface area contributed by atoms with Crippen LogP contribution in [0, 0.1) is 0 Å². The number of rotatable bonds is 3. The largest absolute Gasteiger partial charge is 0.336 e. The van der Waals surface area contributed by atoms with Gasteiger partial charge >= 0.3 is 0 Å². The fourth-order valence-corrected chi connectivity index (χ4v) is 2.59. The Morgan fingerprint density at radius 1 is 0.952 bits per heavy atom. The first kappa shape index (κ1) is 13.8. The van der Waals surface area contributed by atoms with Crippen molar-refractivity contribution in [3.63, 3.8) is 0 Å². The highest BCUT2D eigenvalue weighted by Gasteiger charge is 2.21. The summed E-state index contributed by atoms with van der Waals surface area (Å²) in [5.41, 5.74) is 1.86. The van der Waals surface area contributed by atoms with Gasteiger partial charge in [-0.2, -0.15) is 0 Å². The molecule has 2 heterocycles. The van der Waals surface area contributed by atoms with Crippen LogP contribution in [0.25, 0.3) is 0 Å². The molecular weight excluding hydrogens is 262 g/mol. The second-order valence-electron chi connectivity index (χ2n) is 5.26. The SMILES string of the molecule is O=C(c1ccccc1)N1CCN(Cc2ccccn2)CC1. The lowest BCUT2D eigenvalue weighted by molar-refractivity contribution is 0.0627. The van der Waals surface area contributed by atoms with Crippen LogP contribution in [0.3, 0.4) is 0 Å². The van der Waals surface area contributed by atoms with E-state index in [1.54, 1.807) is 0 Å². The van der Waals surface area contributed by atoms with Crippen LogP contribution in [-0.2, 0) is 6.54 Å². The quantitative estimate of drug-likeness (QED) is 0.864. The maximum Gasteiger partial charge on any atom is 0.253 e. The van der Waals surface area contributed by atoms with E-state index in [4.69, 9.17) is 0 Å². The summed E-state index contributed by atoms with van der Waals surface area (Å²) in [6, 6.07) is 15.5. The van der Waals surface area contributed by atoms with Gasteiger partial charge in [-0.05, 0) is 24.3 Å². The molecule has 1 aromatic carbocycles. The van der Waals surface area contributed by atoms with Crippen molar-refractivity contribution >= 4 is 5.91 Å². The first-order chi connectivity index (χ1) is 10.3. The Bertz CT molecular complexity index is 577. The summed E-state index contributed by atoms with van der Waals surface area (Å²) >= 11 is 0. The van der Waals surface area contributed by atoms with Crippen LogP contribution >= 0.6 is 0 Å². The minimum Gasteiger partial charge on any atom is -0.336 e. The third-order valence-corrected chi connectivity index (χ3v) is 3.79. The van der Waals surface area contributed by atoms with Crippen molar-refractivity contribution in [2.24, 2.45) is 0 Å². The molecule has 4 heteroatoms. The predicted octanol–water partition coefficient (Wildman–Crippen LogP) is 2.04. The zero-order valence-electron chi connectivity index (χ0n) is 12.0. The molecule has 0 radical (unpaired) electrons. The lowest BCUT2D eigenvalue weighted by Crippen LogP contribution is -2.48. The summed E-state index contributed by atoms with van der Waals surface area (Å²) in [6.07, 6.45) is 1.82. The molecule has 0 N–H and O–H groups in total. The van der Waals surface area contributed by atoms with Crippen molar-refractivity contribution < 1.29 is 4.79 Å². The van der Waals surface area contributed by atoms with Gasteiger partial charge in [-0.3, -0.25) is 14.7 Å². The van der Waals surface area contributed by atoms with E-state index in [1.165, 1.54) is 0 Å². The van der Waals surface area contributed by atoms with Gasteiger partial charge in [-0.15, -0.1) is 0 Å². The number of benzene rings is 1. The molecule has 2 aromatic rings. The molecule has 1 fully saturated rings. The summed E-state index contributed by atoms with van der Waals surface area (Å²) in [5, 5.41) is 0. The monoisotopic (exact) mass is 281 g/mol. The average molecular weight is 281 g/mol. The maximum absolute atomic E-state index is 12.4. The van der Waals surface area contributed by atoms with Crippen LogP contribution in [0.5, 0.6) is 0 Å². The molecule has 0 atom stereocenters. The maximum atomic E-state index is 12.4. The smallest absolute Gasteiger partial charge is 0.253 e. The molecule has 0 saturated carbocycles. The second-order valence-corrected chi connectivity index (χ2v) is 5.26. The van der Waals surface area contributed by atoms with E-state index < -0.39 is 0 Å². The molecule has 1 amide bonds. The first-order valence-electron chi connectivity index (χ1n) is 7.29. The normalized spacial score (nSPS) is 15.9. The summed E-state index contributed by atoms with van der Waals surface area (Å²) < 4.78 is 0. The molecule has 0 unspecified atom stereocenters. The molecule has 1 aliphatic heterocycles. The van der Waals surface area contributed by atoms with Gasteiger partial charge < -0.3 is 4.90 Å². The van der Waals surface area contributed by atoms with Crippen molar-refractivity contribution in [2.75, 3.05) is 26.2 Å². The van der Waals surface area contributed by atoms with Crippen molar-refractivity contribution in [2.45, 2.75) is 6.54 Å². The van der Waals surface area contributed by atoms with Crippen molar-refractivity contribution in [3.05, 3.63) is 66.0 Å². The number of pyridine rings is 1. The highest BCUT2D eigenvalue weighted by Crippen LogP contribution is 2.10. The van der Waals surface area contributed by atoms with Gasteiger partial charge in [0, 0.05) is 44.5 Å². The highest BCUT2D eigenvalue weighted by molar-refractivity contribution is 5.94. The van der Waals surface area contributed by atoms with Crippen LogP contribution in [0.4, 0.5) is 0 Å². The molecule has 1 aromatic heterocycles. The van der Waals surface area contributed by atoms with Crippen LogP contribution in [0.1, 0.15) is 16.1 Å². The standard InChI is InChI=1S/C17H19N3O/c21-17(15-6-2-1-3-7-15)20-12-10-19(11-13-20)14-16-8-4-5-9-18-16/h1-9H,10-14H2. The molecule has 3 rings (SSSR count). The number of aromatic nitrogens is 1. The Morgan fingerprint density at radius 2 is 1.67 bits per heavy atom. The van der Waals surface area contributed by atoms with Gasteiger partial charge in [0.25, 0.3) is 5.91 Å². The van der Waals surface area contributed by atoms with Gasteiger partial charge in [0.05, 0.1) is 5.69 Å². The lowest BCUT2D eigenvalue weighted by Gasteiger charge is -2.34. The Kier molecular flexibility index (Phi) is 4.26. The first-order valence-corrected chi connectivity index (χ1v) is 7.29. The summed E-state index contributed by atoms with van der Waals surface area (Å²) in [4.78, 5) is 21.0. The lowest BCUT2D eigenvalue weighted by atomic mass is 10.2. The van der Waals surface area contributed by atoms with Crippen molar-refractivity contribution in [3.8, 4) is 0 Å². The molecule has 0 spiro atoms. The zero-order valence-corrected chi connectivity index (χ0v) is 12.0. The minimum absolute atomic E-state index is 0.132. The Hall–Kier alpha value is -2.20. The van der Waals surface area contributed by atoms with Gasteiger partial charge in [0.15, 0.2) is 0 Å². The highest BCUT2D eigenvalue weighted by atomic mass is 16.2. The fourth-order valence-electron chi connectivity index (χ4n) is 2.59. The number of carbonyl (C=O) groups is 1. The van der Waals surface area contributed by atoms with E-state index in [-0.39, 0.29) is 5.91 Å². The number of piperazine rings is 1. The topological polar surface area (TPSA) is 36.4 Å². The fraction of sp³-hybridized carbons (Fsp3) is 0.294. The van der Waals surface area contributed by atoms with Gasteiger partial charge in [0.2, 0.25) is 0 Å². The summed E-state index contributed by atoms with van der Waals surface area (Å²) in [6.45, 7) is 4.21. The molecule has 1 saturated heterocycles. The summed E-state index contributed by atoms with van der Waals surface area (Å²) in [5.74, 6) is 0.132. The molecule has 4 nitrogen and oxygen atoms in total. The van der Waals surface area contributed by atoms with Gasteiger partial charge in [-0.1, -0.05) is 24.3 Å². The van der Waals surface area contributed by atoms with Crippen molar-refractivity contribution in [1.29, 1.82) is 0 Å². The van der Waals surface area contributed by atoms with E-state index in [9.17, 15) is 4.79 Å². The third-order valence-electron chi connectivity index (χ3n) is 3.79. The molecule has 108 valence electrons. The zero-order chi connectivity index (χ0) is 14.5. The third kappa shape index (κ3) is 3.47. The number of amides is 1. The number of nitrogens with zero attached hydrogens (tertiary/aromatic N) is 3. The van der Waals surface area contributed by atoms with E-state index in [2.05, 4.69) is 9.88 Å². The van der Waals surface area contributed by atoms with Crippen LogP contribution < -0.4 is 0 Å². The summed E-state index contributed by atoms with van der Waals surface area (Å²) in [7, 11) is 0. The Balaban J connectivity index is 1.54. The average Bonchev–Trinajstić information content (AvgIpc) is 2.57. The minimum atomic E-state index is 0.132. The van der Waals surface area contributed by atoms with E-state index in [0.29, 0.717) is 0 Å². The number of hydrogen-bond acceptors (Lipinski definition) is 3. The molecule has 0 aliphatic carbocycles. The van der Waals surface area contributed by atoms with Crippen LogP contribution in [-0.4, -0.2) is 46.9 Å². The molecule has 1 aliphatic rings. The molecule has 21 heavy (non-hydrogen) atoms. The number of carbonyl (C=O) groups excluding carboxylic acids is 1. The predicted molar refractivity (Wildman–Crippen MR) is 81.9 cm³/mol. The van der Waals surface area contributed by atoms with E-state index in [1.807, 2.05) is 59.6 Å². The van der Waals surface area contributed by atoms with Gasteiger partial charge in [0.1, 0.15) is 0 Å². The molecular formula is C17H19N3O.